The lowest BCUT2D eigenvalue weighted by Gasteiger charge is -2.40. The second-order valence-electron chi connectivity index (χ2n) is 8.51. The van der Waals surface area contributed by atoms with Crippen LogP contribution in [-0.4, -0.2) is 43.8 Å². The van der Waals surface area contributed by atoms with Crippen molar-refractivity contribution in [3.63, 3.8) is 0 Å². The van der Waals surface area contributed by atoms with Crippen LogP contribution in [0, 0.1) is 6.92 Å². The van der Waals surface area contributed by atoms with Gasteiger partial charge in [-0.1, -0.05) is 0 Å². The van der Waals surface area contributed by atoms with Crippen LogP contribution < -0.4 is 11.1 Å². The number of rotatable bonds is 2. The molecule has 0 bridgehead atoms. The Kier molecular flexibility index (Phi) is 4.57. The molecule has 0 radical (unpaired) electrons. The molecule has 1 aliphatic heterocycles. The van der Waals surface area contributed by atoms with Crippen molar-refractivity contribution in [3.05, 3.63) is 79.9 Å². The lowest BCUT2D eigenvalue weighted by Crippen LogP contribution is -2.48. The van der Waals surface area contributed by atoms with E-state index in [9.17, 15) is 14.4 Å². The molecule has 1 atom stereocenters. The minimum absolute atomic E-state index is 0.116. The van der Waals surface area contributed by atoms with Crippen LogP contribution in [0.2, 0.25) is 0 Å². The fourth-order valence-corrected chi connectivity index (χ4v) is 4.98. The first-order valence-electron chi connectivity index (χ1n) is 10.5. The number of pyridine rings is 2. The number of piperidine rings is 1. The summed E-state index contributed by atoms with van der Waals surface area (Å²) in [5.74, 6) is 0.353. The Labute approximate surface area is 178 Å². The zero-order valence-corrected chi connectivity index (χ0v) is 17.3. The highest BCUT2D eigenvalue weighted by Gasteiger charge is 2.45. The van der Waals surface area contributed by atoms with Crippen LogP contribution in [-0.2, 0) is 11.8 Å². The molecule has 1 aliphatic carbocycles. The maximum Gasteiger partial charge on any atom is 0.254 e. The number of nitrogens with one attached hydrogen (secondary N) is 2. The number of carbonyl (C=O) groups is 1. The Morgan fingerprint density at radius 3 is 2.84 bits per heavy atom. The maximum atomic E-state index is 13.2. The molecule has 1 unspecified atom stereocenters. The summed E-state index contributed by atoms with van der Waals surface area (Å²) in [7, 11) is 0. The molecule has 2 N–H and O–H groups in total. The first kappa shape index (κ1) is 19.4. The van der Waals surface area contributed by atoms with Gasteiger partial charge in [0, 0.05) is 59.3 Å². The van der Waals surface area contributed by atoms with E-state index in [1.54, 1.807) is 30.3 Å². The molecular weight excluding hydrogens is 394 g/mol. The Morgan fingerprint density at radius 1 is 1.19 bits per heavy atom. The third-order valence-corrected chi connectivity index (χ3v) is 6.40. The van der Waals surface area contributed by atoms with E-state index in [0.29, 0.717) is 42.2 Å². The zero-order valence-electron chi connectivity index (χ0n) is 17.3. The third-order valence-electron chi connectivity index (χ3n) is 6.40. The predicted molar refractivity (Wildman–Crippen MR) is 115 cm³/mol. The molecule has 8 nitrogen and oxygen atoms in total. The van der Waals surface area contributed by atoms with Crippen LogP contribution in [0.15, 0.2) is 46.2 Å². The summed E-state index contributed by atoms with van der Waals surface area (Å²) in [6, 6.07) is 6.73. The SMILES string of the molecule is Cc1cc(C(=O)N2CCCC3(CCc4c3nc(-c3cccnc3)[nH]c4=O)C2)cc(=O)[nH]1. The average molecular weight is 417 g/mol. The van der Waals surface area contributed by atoms with Crippen LogP contribution >= 0.6 is 0 Å². The Morgan fingerprint density at radius 2 is 2.06 bits per heavy atom. The molecule has 1 saturated heterocycles. The minimum Gasteiger partial charge on any atom is -0.338 e. The Hall–Kier alpha value is -3.55. The number of likely N-dealkylation sites (tertiary alicyclic amines) is 1. The van der Waals surface area contributed by atoms with E-state index >= 15 is 0 Å². The van der Waals surface area contributed by atoms with Gasteiger partial charge in [0.1, 0.15) is 5.82 Å². The molecule has 1 amide bonds. The number of aromatic nitrogens is 4. The van der Waals surface area contributed by atoms with E-state index in [1.807, 2.05) is 12.1 Å². The summed E-state index contributed by atoms with van der Waals surface area (Å²) in [5, 5.41) is 0. The fraction of sp³-hybridized carbons (Fsp3) is 0.348. The topological polar surface area (TPSA) is 112 Å². The average Bonchev–Trinajstić information content (AvgIpc) is 3.11. The number of aryl methyl sites for hydroxylation is 1. The van der Waals surface area contributed by atoms with Gasteiger partial charge in [-0.25, -0.2) is 4.98 Å². The van der Waals surface area contributed by atoms with E-state index in [1.165, 1.54) is 6.07 Å². The molecule has 31 heavy (non-hydrogen) atoms. The second kappa shape index (κ2) is 7.30. The molecule has 3 aromatic heterocycles. The lowest BCUT2D eigenvalue weighted by atomic mass is 9.77. The minimum atomic E-state index is -0.343. The van der Waals surface area contributed by atoms with E-state index in [4.69, 9.17) is 4.98 Å². The van der Waals surface area contributed by atoms with Gasteiger partial charge in [-0.3, -0.25) is 19.4 Å². The van der Waals surface area contributed by atoms with Gasteiger partial charge in [0.2, 0.25) is 5.56 Å². The van der Waals surface area contributed by atoms with Crippen molar-refractivity contribution in [3.8, 4) is 11.4 Å². The van der Waals surface area contributed by atoms with Crippen LogP contribution in [0.3, 0.4) is 0 Å². The number of nitrogens with zero attached hydrogens (tertiary/aromatic N) is 3. The molecule has 2 aliphatic rings. The zero-order chi connectivity index (χ0) is 21.6. The highest BCUT2D eigenvalue weighted by molar-refractivity contribution is 5.94. The Bertz CT molecular complexity index is 1280. The van der Waals surface area contributed by atoms with Crippen molar-refractivity contribution in [2.24, 2.45) is 0 Å². The molecule has 5 rings (SSSR count). The van der Waals surface area contributed by atoms with Gasteiger partial charge in [-0.15, -0.1) is 0 Å². The van der Waals surface area contributed by atoms with Gasteiger partial charge in [0.25, 0.3) is 11.5 Å². The summed E-state index contributed by atoms with van der Waals surface area (Å²) in [4.78, 5) is 54.2. The van der Waals surface area contributed by atoms with Gasteiger partial charge >= 0.3 is 0 Å². The van der Waals surface area contributed by atoms with Gasteiger partial charge in [-0.05, 0) is 50.8 Å². The van der Waals surface area contributed by atoms with Gasteiger partial charge < -0.3 is 14.9 Å². The number of aromatic amines is 2. The van der Waals surface area contributed by atoms with Crippen molar-refractivity contribution in [1.29, 1.82) is 0 Å². The van der Waals surface area contributed by atoms with Crippen molar-refractivity contribution in [2.75, 3.05) is 13.1 Å². The largest absolute Gasteiger partial charge is 0.338 e. The van der Waals surface area contributed by atoms with Crippen molar-refractivity contribution >= 4 is 5.91 Å². The number of amides is 1. The highest BCUT2D eigenvalue weighted by atomic mass is 16.2. The highest BCUT2D eigenvalue weighted by Crippen LogP contribution is 2.43. The van der Waals surface area contributed by atoms with Crippen LogP contribution in [0.4, 0.5) is 0 Å². The van der Waals surface area contributed by atoms with E-state index < -0.39 is 0 Å². The van der Waals surface area contributed by atoms with Crippen molar-refractivity contribution in [1.82, 2.24) is 24.8 Å². The van der Waals surface area contributed by atoms with Crippen LogP contribution in [0.5, 0.6) is 0 Å². The number of fused-ring (bicyclic) bond motifs is 2. The quantitative estimate of drug-likeness (QED) is 0.662. The predicted octanol–water partition coefficient (Wildman–Crippen LogP) is 1.95. The summed E-state index contributed by atoms with van der Waals surface area (Å²) in [6.45, 7) is 2.88. The molecule has 8 heteroatoms. The smallest absolute Gasteiger partial charge is 0.254 e. The summed E-state index contributed by atoms with van der Waals surface area (Å²) >= 11 is 0. The molecule has 158 valence electrons. The summed E-state index contributed by atoms with van der Waals surface area (Å²) in [6.07, 6.45) is 6.49. The van der Waals surface area contributed by atoms with Gasteiger partial charge in [0.05, 0.1) is 5.69 Å². The van der Waals surface area contributed by atoms with E-state index in [0.717, 1.165) is 30.5 Å². The Balaban J connectivity index is 1.52. The van der Waals surface area contributed by atoms with E-state index in [-0.39, 0.29) is 22.4 Å². The number of hydrogen-bond acceptors (Lipinski definition) is 5. The van der Waals surface area contributed by atoms with E-state index in [2.05, 4.69) is 15.0 Å². The maximum absolute atomic E-state index is 13.2. The number of carbonyl (C=O) groups excluding carboxylic acids is 1. The van der Waals surface area contributed by atoms with Crippen molar-refractivity contribution < 1.29 is 4.79 Å². The fourth-order valence-electron chi connectivity index (χ4n) is 4.98. The second-order valence-corrected chi connectivity index (χ2v) is 8.51. The molecule has 1 fully saturated rings. The summed E-state index contributed by atoms with van der Waals surface area (Å²) in [5.41, 5.74) is 2.58. The molecule has 0 saturated carbocycles. The van der Waals surface area contributed by atoms with Gasteiger partial charge in [0.15, 0.2) is 0 Å². The lowest BCUT2D eigenvalue weighted by molar-refractivity contribution is 0.0633. The number of hydrogen-bond donors (Lipinski definition) is 2. The first-order chi connectivity index (χ1) is 14.9. The normalized spacial score (nSPS) is 20.1. The first-order valence-corrected chi connectivity index (χ1v) is 10.5. The van der Waals surface area contributed by atoms with Crippen molar-refractivity contribution in [2.45, 2.75) is 38.0 Å². The van der Waals surface area contributed by atoms with Gasteiger partial charge in [-0.2, -0.15) is 0 Å². The number of H-pyrrole nitrogens is 2. The molecule has 0 aromatic carbocycles. The van der Waals surface area contributed by atoms with Crippen LogP contribution in [0.25, 0.3) is 11.4 Å². The molecule has 1 spiro atoms. The third kappa shape index (κ3) is 3.37. The molecule has 3 aromatic rings. The summed E-state index contributed by atoms with van der Waals surface area (Å²) < 4.78 is 0. The molecular formula is C23H23N5O3. The molecule has 4 heterocycles. The van der Waals surface area contributed by atoms with Crippen LogP contribution in [0.1, 0.15) is 46.6 Å². The standard InChI is InChI=1S/C23H23N5O3/c1-14-10-16(11-18(29)25-14)22(31)28-9-3-6-23(13-28)7-5-17-19(23)26-20(27-21(17)30)15-4-2-8-24-12-15/h2,4,8,10-12H,3,5-7,9,13H2,1H3,(H,25,29)(H,26,27,30). The monoisotopic (exact) mass is 417 g/mol.